The Morgan fingerprint density at radius 2 is 1.81 bits per heavy atom. The molecule has 9 heteroatoms. The smallest absolute Gasteiger partial charge is 0.387 e. The van der Waals surface area contributed by atoms with Gasteiger partial charge < -0.3 is 15.4 Å². The van der Waals surface area contributed by atoms with Gasteiger partial charge in [-0.15, -0.1) is 0 Å². The maximum Gasteiger partial charge on any atom is 0.387 e. The molecule has 0 spiro atoms. The maximum atomic E-state index is 13.5. The Bertz CT molecular complexity index is 799. The van der Waals surface area contributed by atoms with Crippen LogP contribution >= 0.6 is 0 Å². The number of anilines is 1. The van der Waals surface area contributed by atoms with Gasteiger partial charge in [0.05, 0.1) is 11.3 Å². The molecule has 0 aliphatic carbocycles. The number of benzene rings is 2. The predicted octanol–water partition coefficient (Wildman–Crippen LogP) is 3.32. The minimum Gasteiger partial charge on any atom is -0.433 e. The third kappa shape index (κ3) is 5.47. The Labute approximate surface area is 146 Å². The van der Waals surface area contributed by atoms with Gasteiger partial charge >= 0.3 is 6.61 Å². The van der Waals surface area contributed by atoms with Crippen molar-refractivity contribution in [1.29, 1.82) is 0 Å². The van der Waals surface area contributed by atoms with Gasteiger partial charge in [0.25, 0.3) is 5.91 Å². The number of ether oxygens (including phenoxy) is 1. The van der Waals surface area contributed by atoms with Crippen LogP contribution in [0.1, 0.15) is 16.8 Å². The summed E-state index contributed by atoms with van der Waals surface area (Å²) in [6.07, 6.45) is -0.197. The fourth-order valence-corrected chi connectivity index (χ4v) is 2.04. The van der Waals surface area contributed by atoms with Crippen LogP contribution in [0, 0.1) is 11.6 Å². The van der Waals surface area contributed by atoms with Gasteiger partial charge in [-0.05, 0) is 24.3 Å². The van der Waals surface area contributed by atoms with E-state index in [1.165, 1.54) is 24.3 Å². The van der Waals surface area contributed by atoms with E-state index in [9.17, 15) is 27.2 Å². The van der Waals surface area contributed by atoms with E-state index in [0.29, 0.717) is 6.07 Å². The zero-order valence-corrected chi connectivity index (χ0v) is 13.3. The van der Waals surface area contributed by atoms with Crippen molar-refractivity contribution in [2.24, 2.45) is 0 Å². The lowest BCUT2D eigenvalue weighted by Crippen LogP contribution is -2.28. The summed E-state index contributed by atoms with van der Waals surface area (Å²) in [5.41, 5.74) is -0.309. The molecular weight excluding hydrogens is 356 g/mol. The third-order valence-corrected chi connectivity index (χ3v) is 3.19. The molecule has 0 saturated carbocycles. The number of hydrogen-bond donors (Lipinski definition) is 2. The molecule has 0 aliphatic heterocycles. The number of para-hydroxylation sites is 2. The van der Waals surface area contributed by atoms with Gasteiger partial charge in [-0.1, -0.05) is 12.1 Å². The van der Waals surface area contributed by atoms with Gasteiger partial charge in [0.2, 0.25) is 5.91 Å². The second-order valence-corrected chi connectivity index (χ2v) is 5.05. The molecule has 2 aromatic rings. The molecule has 0 aromatic heterocycles. The van der Waals surface area contributed by atoms with Gasteiger partial charge in [0, 0.05) is 19.0 Å². The highest BCUT2D eigenvalue weighted by atomic mass is 19.3. The van der Waals surface area contributed by atoms with Crippen LogP contribution in [0.2, 0.25) is 0 Å². The summed E-state index contributed by atoms with van der Waals surface area (Å²) in [5.74, 6) is -3.42. The van der Waals surface area contributed by atoms with Gasteiger partial charge in [-0.3, -0.25) is 9.59 Å². The molecular formula is C17H14F4N2O3. The molecule has 138 valence electrons. The monoisotopic (exact) mass is 370 g/mol. The number of amides is 2. The van der Waals surface area contributed by atoms with Crippen LogP contribution in [0.4, 0.5) is 23.2 Å². The second-order valence-electron chi connectivity index (χ2n) is 5.05. The van der Waals surface area contributed by atoms with Crippen molar-refractivity contribution < 1.29 is 31.9 Å². The van der Waals surface area contributed by atoms with Gasteiger partial charge in [0.15, 0.2) is 0 Å². The molecule has 2 aromatic carbocycles. The molecule has 0 atom stereocenters. The first-order valence-corrected chi connectivity index (χ1v) is 7.43. The molecule has 2 amide bonds. The lowest BCUT2D eigenvalue weighted by molar-refractivity contribution is -0.116. The van der Waals surface area contributed by atoms with Gasteiger partial charge in [0.1, 0.15) is 17.4 Å². The van der Waals surface area contributed by atoms with E-state index in [4.69, 9.17) is 0 Å². The van der Waals surface area contributed by atoms with E-state index < -0.39 is 30.1 Å². The lowest BCUT2D eigenvalue weighted by Gasteiger charge is -2.12. The average Bonchev–Trinajstić information content (AvgIpc) is 2.56. The third-order valence-electron chi connectivity index (χ3n) is 3.19. The molecule has 0 aliphatic rings. The largest absolute Gasteiger partial charge is 0.433 e. The van der Waals surface area contributed by atoms with E-state index in [1.54, 1.807) is 0 Å². The van der Waals surface area contributed by atoms with Crippen molar-refractivity contribution in [3.8, 4) is 5.75 Å². The minimum atomic E-state index is -3.04. The molecule has 5 nitrogen and oxygen atoms in total. The summed E-state index contributed by atoms with van der Waals surface area (Å²) in [5, 5.41) is 4.69. The Hall–Kier alpha value is -3.10. The number of halogens is 4. The fraction of sp³-hybridized carbons (Fsp3) is 0.176. The molecule has 0 bridgehead atoms. The summed E-state index contributed by atoms with van der Waals surface area (Å²) in [6, 6.07) is 8.12. The predicted molar refractivity (Wildman–Crippen MR) is 85.0 cm³/mol. The van der Waals surface area contributed by atoms with E-state index in [0.717, 1.165) is 12.1 Å². The van der Waals surface area contributed by atoms with E-state index in [-0.39, 0.29) is 30.0 Å². The number of alkyl halides is 2. The lowest BCUT2D eigenvalue weighted by atomic mass is 10.2. The van der Waals surface area contributed by atoms with Crippen LogP contribution in [0.5, 0.6) is 5.75 Å². The van der Waals surface area contributed by atoms with Crippen LogP contribution in [-0.2, 0) is 4.79 Å². The maximum absolute atomic E-state index is 13.5. The quantitative estimate of drug-likeness (QED) is 0.735. The molecule has 0 fully saturated rings. The standard InChI is InChI=1S/C17H14F4N2O3/c18-10-5-6-11(12(19)9-10)16(25)22-8-7-15(24)23-13-3-1-2-4-14(13)26-17(20)21/h1-6,9,17H,7-8H2,(H,22,25)(H,23,24). The SMILES string of the molecule is O=C(CCNC(=O)c1ccc(F)cc1F)Nc1ccccc1OC(F)F. The normalized spacial score (nSPS) is 10.5. The highest BCUT2D eigenvalue weighted by Gasteiger charge is 2.14. The first-order valence-electron chi connectivity index (χ1n) is 7.43. The van der Waals surface area contributed by atoms with Crippen LogP contribution < -0.4 is 15.4 Å². The van der Waals surface area contributed by atoms with Crippen LogP contribution in [0.15, 0.2) is 42.5 Å². The summed E-state index contributed by atoms with van der Waals surface area (Å²) in [6.45, 7) is -3.18. The van der Waals surface area contributed by atoms with Crippen LogP contribution in [0.25, 0.3) is 0 Å². The minimum absolute atomic E-state index is 0.0497. The Morgan fingerprint density at radius 1 is 1.08 bits per heavy atom. The first kappa shape index (κ1) is 19.2. The summed E-state index contributed by atoms with van der Waals surface area (Å²) in [7, 11) is 0. The van der Waals surface area contributed by atoms with E-state index in [1.807, 2.05) is 0 Å². The summed E-state index contributed by atoms with van der Waals surface area (Å²) in [4.78, 5) is 23.6. The van der Waals surface area contributed by atoms with Crippen molar-refractivity contribution in [2.45, 2.75) is 13.0 Å². The zero-order valence-electron chi connectivity index (χ0n) is 13.3. The average molecular weight is 370 g/mol. The fourth-order valence-electron chi connectivity index (χ4n) is 2.04. The Morgan fingerprint density at radius 3 is 2.50 bits per heavy atom. The highest BCUT2D eigenvalue weighted by Crippen LogP contribution is 2.25. The van der Waals surface area contributed by atoms with Crippen molar-refractivity contribution in [2.75, 3.05) is 11.9 Å². The summed E-state index contributed by atoms with van der Waals surface area (Å²) < 4.78 is 55.2. The first-order chi connectivity index (χ1) is 12.4. The molecule has 0 saturated heterocycles. The molecule has 2 N–H and O–H groups in total. The number of carbonyl (C=O) groups is 2. The van der Waals surface area contributed by atoms with E-state index in [2.05, 4.69) is 15.4 Å². The number of nitrogens with one attached hydrogen (secondary N) is 2. The zero-order chi connectivity index (χ0) is 19.1. The second kappa shape index (κ2) is 8.84. The Kier molecular flexibility index (Phi) is 6.54. The number of rotatable bonds is 7. The van der Waals surface area contributed by atoms with Gasteiger partial charge in [-0.2, -0.15) is 8.78 Å². The number of hydrogen-bond acceptors (Lipinski definition) is 3. The van der Waals surface area contributed by atoms with Crippen LogP contribution in [0.3, 0.4) is 0 Å². The highest BCUT2D eigenvalue weighted by molar-refractivity contribution is 5.95. The van der Waals surface area contributed by atoms with E-state index >= 15 is 0 Å². The molecule has 0 heterocycles. The van der Waals surface area contributed by atoms with Crippen molar-refractivity contribution in [1.82, 2.24) is 5.32 Å². The molecule has 26 heavy (non-hydrogen) atoms. The van der Waals surface area contributed by atoms with Crippen LogP contribution in [-0.4, -0.2) is 25.0 Å². The van der Waals surface area contributed by atoms with Crippen molar-refractivity contribution in [3.63, 3.8) is 0 Å². The van der Waals surface area contributed by atoms with Crippen molar-refractivity contribution >= 4 is 17.5 Å². The Balaban J connectivity index is 1.87. The molecule has 0 radical (unpaired) electrons. The summed E-state index contributed by atoms with van der Waals surface area (Å²) >= 11 is 0. The van der Waals surface area contributed by atoms with Crippen molar-refractivity contribution in [3.05, 3.63) is 59.7 Å². The van der Waals surface area contributed by atoms with Gasteiger partial charge in [-0.25, -0.2) is 8.78 Å². The number of carbonyl (C=O) groups excluding carboxylic acids is 2. The molecule has 2 rings (SSSR count). The topological polar surface area (TPSA) is 67.4 Å². The molecule has 0 unspecified atom stereocenters.